The van der Waals surface area contributed by atoms with Gasteiger partial charge in [-0.3, -0.25) is 0 Å². The summed E-state index contributed by atoms with van der Waals surface area (Å²) in [4.78, 5) is 10.5. The number of rotatable bonds is 6. The minimum atomic E-state index is 0.699. The third-order valence-corrected chi connectivity index (χ3v) is 12.3. The minimum absolute atomic E-state index is 0.699. The van der Waals surface area contributed by atoms with E-state index in [0.717, 1.165) is 39.2 Å². The van der Waals surface area contributed by atoms with E-state index in [-0.39, 0.29) is 0 Å². The zero-order chi connectivity index (χ0) is 37.7. The van der Waals surface area contributed by atoms with E-state index < -0.39 is 0 Å². The van der Waals surface area contributed by atoms with Crippen LogP contribution in [-0.4, -0.2) is 9.97 Å². The van der Waals surface area contributed by atoms with Crippen LogP contribution in [0.1, 0.15) is 0 Å². The molecule has 266 valence electrons. The van der Waals surface area contributed by atoms with E-state index >= 15 is 0 Å². The summed E-state index contributed by atoms with van der Waals surface area (Å²) in [5.41, 5.74) is 11.9. The molecule has 0 unspecified atom stereocenters. The van der Waals surface area contributed by atoms with E-state index in [9.17, 15) is 0 Å². The molecule has 2 nitrogen and oxygen atoms in total. The fraction of sp³-hybridized carbons (Fsp3) is 0. The first-order chi connectivity index (χ1) is 28.2. The second-order valence-electron chi connectivity index (χ2n) is 14.6. The Hall–Kier alpha value is -7.20. The maximum atomic E-state index is 5.31. The lowest BCUT2D eigenvalue weighted by Crippen LogP contribution is -1.97. The van der Waals surface area contributed by atoms with Crippen molar-refractivity contribution in [2.45, 2.75) is 0 Å². The van der Waals surface area contributed by atoms with Crippen LogP contribution in [0.4, 0.5) is 0 Å². The molecule has 0 atom stereocenters. The first kappa shape index (κ1) is 33.2. The van der Waals surface area contributed by atoms with E-state index in [0.29, 0.717) is 5.82 Å². The van der Waals surface area contributed by atoms with E-state index in [1.165, 1.54) is 64.0 Å². The molecule has 0 fully saturated rings. The Labute approximate surface area is 335 Å². The van der Waals surface area contributed by atoms with Crippen LogP contribution < -0.4 is 0 Å². The van der Waals surface area contributed by atoms with E-state index in [1.54, 1.807) is 0 Å². The van der Waals surface area contributed by atoms with E-state index in [2.05, 4.69) is 188 Å². The zero-order valence-corrected chi connectivity index (χ0v) is 31.7. The molecule has 0 amide bonds. The number of aromatic nitrogens is 2. The third kappa shape index (κ3) is 6.06. The Bertz CT molecular complexity index is 3280. The Morgan fingerprint density at radius 3 is 1.72 bits per heavy atom. The molecule has 0 N–H and O–H groups in total. The van der Waals surface area contributed by atoms with Gasteiger partial charge in [0, 0.05) is 36.9 Å². The van der Waals surface area contributed by atoms with Crippen LogP contribution in [0.15, 0.2) is 206 Å². The molecule has 0 saturated carbocycles. The highest BCUT2D eigenvalue weighted by Crippen LogP contribution is 2.43. The highest BCUT2D eigenvalue weighted by molar-refractivity contribution is 7.26. The quantitative estimate of drug-likeness (QED) is 0.170. The van der Waals surface area contributed by atoms with Crippen molar-refractivity contribution in [1.29, 1.82) is 0 Å². The zero-order valence-electron chi connectivity index (χ0n) is 30.9. The summed E-state index contributed by atoms with van der Waals surface area (Å²) in [6.07, 6.45) is 0. The van der Waals surface area contributed by atoms with Gasteiger partial charge in [-0.25, -0.2) is 9.97 Å². The molecule has 3 heteroatoms. The Kier molecular flexibility index (Phi) is 8.04. The van der Waals surface area contributed by atoms with Crippen molar-refractivity contribution in [2.75, 3.05) is 0 Å². The van der Waals surface area contributed by atoms with Crippen LogP contribution in [0, 0.1) is 0 Å². The number of benzene rings is 9. The van der Waals surface area contributed by atoms with E-state index in [4.69, 9.17) is 9.97 Å². The summed E-state index contributed by atoms with van der Waals surface area (Å²) in [5.74, 6) is 0.699. The fourth-order valence-electron chi connectivity index (χ4n) is 8.20. The highest BCUT2D eigenvalue weighted by Gasteiger charge is 2.17. The Balaban J connectivity index is 1.11. The van der Waals surface area contributed by atoms with Crippen molar-refractivity contribution in [3.8, 4) is 67.3 Å². The Morgan fingerprint density at radius 1 is 0.298 bits per heavy atom. The predicted molar refractivity (Wildman–Crippen MR) is 243 cm³/mol. The predicted octanol–water partition coefficient (Wildman–Crippen LogP) is 15.2. The van der Waals surface area contributed by atoms with Crippen molar-refractivity contribution in [1.82, 2.24) is 9.97 Å². The number of nitrogens with zero attached hydrogens (tertiary/aromatic N) is 2. The van der Waals surface area contributed by atoms with Gasteiger partial charge in [0.15, 0.2) is 5.82 Å². The lowest BCUT2D eigenvalue weighted by Gasteiger charge is -2.15. The molecule has 2 heterocycles. The summed E-state index contributed by atoms with van der Waals surface area (Å²) in [5, 5.41) is 7.51. The summed E-state index contributed by atoms with van der Waals surface area (Å²) in [6, 6.07) is 74.1. The molecule has 11 aromatic rings. The number of thiophene rings is 1. The smallest absolute Gasteiger partial charge is 0.160 e. The van der Waals surface area contributed by atoms with Crippen LogP contribution >= 0.6 is 11.3 Å². The van der Waals surface area contributed by atoms with Crippen molar-refractivity contribution < 1.29 is 0 Å². The summed E-state index contributed by atoms with van der Waals surface area (Å²) in [7, 11) is 0. The Morgan fingerprint density at radius 2 is 0.877 bits per heavy atom. The van der Waals surface area contributed by atoms with Crippen molar-refractivity contribution in [2.24, 2.45) is 0 Å². The maximum Gasteiger partial charge on any atom is 0.160 e. The number of hydrogen-bond donors (Lipinski definition) is 0. The van der Waals surface area contributed by atoms with Crippen molar-refractivity contribution >= 4 is 53.1 Å². The van der Waals surface area contributed by atoms with Crippen LogP contribution in [0.5, 0.6) is 0 Å². The van der Waals surface area contributed by atoms with Crippen LogP contribution in [0.3, 0.4) is 0 Å². The molecule has 0 aliphatic heterocycles. The van der Waals surface area contributed by atoms with Crippen LogP contribution in [0.2, 0.25) is 0 Å². The van der Waals surface area contributed by atoms with Gasteiger partial charge in [0.25, 0.3) is 0 Å². The van der Waals surface area contributed by atoms with Gasteiger partial charge < -0.3 is 0 Å². The topological polar surface area (TPSA) is 25.8 Å². The molecule has 0 bridgehead atoms. The fourth-order valence-corrected chi connectivity index (χ4v) is 9.44. The number of fused-ring (bicyclic) bond motifs is 5. The second-order valence-corrected chi connectivity index (χ2v) is 15.6. The minimum Gasteiger partial charge on any atom is -0.228 e. The molecule has 57 heavy (non-hydrogen) atoms. The average Bonchev–Trinajstić information content (AvgIpc) is 3.68. The molecule has 0 aliphatic carbocycles. The first-order valence-electron chi connectivity index (χ1n) is 19.3. The summed E-state index contributed by atoms with van der Waals surface area (Å²) >= 11 is 1.86. The molecular formula is C54H34N2S. The molecule has 0 spiro atoms. The molecule has 0 radical (unpaired) electrons. The first-order valence-corrected chi connectivity index (χ1v) is 20.1. The van der Waals surface area contributed by atoms with E-state index in [1.807, 2.05) is 29.5 Å². The number of hydrogen-bond acceptors (Lipinski definition) is 3. The normalized spacial score (nSPS) is 11.5. The maximum absolute atomic E-state index is 5.31. The van der Waals surface area contributed by atoms with Gasteiger partial charge in [-0.2, -0.15) is 0 Å². The van der Waals surface area contributed by atoms with Gasteiger partial charge in [-0.1, -0.05) is 170 Å². The average molecular weight is 743 g/mol. The summed E-state index contributed by atoms with van der Waals surface area (Å²) < 4.78 is 2.59. The highest BCUT2D eigenvalue weighted by atomic mass is 32.1. The van der Waals surface area contributed by atoms with Crippen LogP contribution in [-0.2, 0) is 0 Å². The third-order valence-electron chi connectivity index (χ3n) is 11.1. The molecule has 2 aromatic heterocycles. The second kappa shape index (κ2) is 13.8. The van der Waals surface area contributed by atoms with Gasteiger partial charge in [-0.15, -0.1) is 11.3 Å². The molecule has 9 aromatic carbocycles. The van der Waals surface area contributed by atoms with Gasteiger partial charge >= 0.3 is 0 Å². The van der Waals surface area contributed by atoms with Crippen molar-refractivity contribution in [3.63, 3.8) is 0 Å². The standard InChI is InChI=1S/C54H34N2S/c1-2-14-39(15-3-1)54-55-50(38-27-24-36(25-28-38)41-29-26-35-12-4-5-16-40(35)30-41)34-51(56-54)44-32-42(46-20-10-17-37-13-6-7-18-45(37)46)31-43(33-44)47-21-11-22-49-48-19-8-9-23-52(48)57-53(47)49/h1-34H. The van der Waals surface area contributed by atoms with Gasteiger partial charge in [0.05, 0.1) is 11.4 Å². The van der Waals surface area contributed by atoms with Gasteiger partial charge in [0.1, 0.15) is 0 Å². The lowest BCUT2D eigenvalue weighted by atomic mass is 9.91. The van der Waals surface area contributed by atoms with Crippen LogP contribution in [0.25, 0.3) is 109 Å². The molecular weight excluding hydrogens is 709 g/mol. The molecule has 0 saturated heterocycles. The monoisotopic (exact) mass is 742 g/mol. The molecule has 0 aliphatic rings. The van der Waals surface area contributed by atoms with Crippen molar-refractivity contribution in [3.05, 3.63) is 206 Å². The largest absolute Gasteiger partial charge is 0.228 e. The van der Waals surface area contributed by atoms with Gasteiger partial charge in [0.2, 0.25) is 0 Å². The molecule has 11 rings (SSSR count). The summed E-state index contributed by atoms with van der Waals surface area (Å²) in [6.45, 7) is 0. The SMILES string of the molecule is c1ccc(-c2nc(-c3ccc(-c4ccc5ccccc5c4)cc3)cc(-c3cc(-c4cccc5ccccc45)cc(-c4cccc5c4sc4ccccc45)c3)n2)cc1. The van der Waals surface area contributed by atoms with Gasteiger partial charge in [-0.05, 0) is 91.3 Å². The lowest BCUT2D eigenvalue weighted by molar-refractivity contribution is 1.18.